The minimum Gasteiger partial charge on any atom is -0.393 e. The Kier molecular flexibility index (Phi) is 8.07. The van der Waals surface area contributed by atoms with Gasteiger partial charge >= 0.3 is 0 Å². The molecule has 200 valence electrons. The Morgan fingerprint density at radius 1 is 1.03 bits per heavy atom. The third kappa shape index (κ3) is 5.97. The van der Waals surface area contributed by atoms with Gasteiger partial charge in [-0.3, -0.25) is 0 Å². The van der Waals surface area contributed by atoms with Gasteiger partial charge in [-0.1, -0.05) is 44.7 Å². The van der Waals surface area contributed by atoms with Crippen molar-refractivity contribution in [3.05, 3.63) is 30.5 Å². The van der Waals surface area contributed by atoms with Crippen LogP contribution >= 0.6 is 0 Å². The third-order valence-electron chi connectivity index (χ3n) is 7.64. The van der Waals surface area contributed by atoms with Crippen LogP contribution in [0.15, 0.2) is 35.4 Å². The molecule has 0 bridgehead atoms. The highest BCUT2D eigenvalue weighted by molar-refractivity contribution is 7.89. The van der Waals surface area contributed by atoms with Crippen LogP contribution in [0.1, 0.15) is 83.6 Å². The number of aliphatic hydroxyl groups is 1. The highest BCUT2D eigenvalue weighted by atomic mass is 32.2. The second-order valence-corrected chi connectivity index (χ2v) is 12.2. The zero-order valence-corrected chi connectivity index (χ0v) is 22.4. The Balaban J connectivity index is 1.45. The first kappa shape index (κ1) is 26.1. The number of fused-ring (bicyclic) bond motifs is 1. The SMILES string of the molecule is CCCCNc1ncc2c(-c3ccc(S(=O)(=O)NC4CCCCC4)cc3)nn(C3CCC(O)CC3)c2n1. The zero-order valence-electron chi connectivity index (χ0n) is 21.6. The summed E-state index contributed by atoms with van der Waals surface area (Å²) >= 11 is 0. The molecule has 3 N–H and O–H groups in total. The van der Waals surface area contributed by atoms with Gasteiger partial charge in [-0.2, -0.15) is 10.1 Å². The average molecular weight is 527 g/mol. The predicted octanol–water partition coefficient (Wildman–Crippen LogP) is 4.79. The van der Waals surface area contributed by atoms with Crippen LogP contribution < -0.4 is 10.0 Å². The van der Waals surface area contributed by atoms with Crippen LogP contribution in [-0.4, -0.2) is 52.0 Å². The highest BCUT2D eigenvalue weighted by Gasteiger charge is 2.26. The number of unbranched alkanes of at least 4 members (excludes halogenated alkanes) is 1. The van der Waals surface area contributed by atoms with Crippen molar-refractivity contribution in [2.45, 2.75) is 101 Å². The van der Waals surface area contributed by atoms with Gasteiger partial charge in [0, 0.05) is 24.3 Å². The lowest BCUT2D eigenvalue weighted by Crippen LogP contribution is -2.36. The van der Waals surface area contributed by atoms with Crippen molar-refractivity contribution in [2.75, 3.05) is 11.9 Å². The number of sulfonamides is 1. The summed E-state index contributed by atoms with van der Waals surface area (Å²) in [5.41, 5.74) is 2.33. The summed E-state index contributed by atoms with van der Waals surface area (Å²) in [6.07, 6.45) is 12.0. The molecule has 2 heterocycles. The Labute approximate surface area is 219 Å². The van der Waals surface area contributed by atoms with Crippen LogP contribution in [0.2, 0.25) is 0 Å². The Morgan fingerprint density at radius 3 is 2.46 bits per heavy atom. The number of anilines is 1. The second-order valence-electron chi connectivity index (χ2n) is 10.4. The van der Waals surface area contributed by atoms with Crippen molar-refractivity contribution in [3.8, 4) is 11.3 Å². The maximum atomic E-state index is 13.0. The van der Waals surface area contributed by atoms with E-state index in [0.29, 0.717) is 5.95 Å². The van der Waals surface area contributed by atoms with Gasteiger partial charge in [0.25, 0.3) is 0 Å². The Morgan fingerprint density at radius 2 is 1.76 bits per heavy atom. The van der Waals surface area contributed by atoms with Crippen molar-refractivity contribution >= 4 is 27.0 Å². The lowest BCUT2D eigenvalue weighted by Gasteiger charge is -2.25. The van der Waals surface area contributed by atoms with Crippen LogP contribution in [0.3, 0.4) is 0 Å². The number of hydrogen-bond acceptors (Lipinski definition) is 7. The number of aliphatic hydroxyl groups excluding tert-OH is 1. The van der Waals surface area contributed by atoms with E-state index in [9.17, 15) is 13.5 Å². The fourth-order valence-electron chi connectivity index (χ4n) is 5.46. The fraction of sp³-hybridized carbons (Fsp3) is 0.593. The van der Waals surface area contributed by atoms with Gasteiger partial charge in [0.05, 0.1) is 22.4 Å². The molecule has 0 saturated heterocycles. The first-order valence-corrected chi connectivity index (χ1v) is 15.2. The van der Waals surface area contributed by atoms with E-state index in [-0.39, 0.29) is 23.1 Å². The van der Waals surface area contributed by atoms with Crippen LogP contribution in [0.5, 0.6) is 0 Å². The van der Waals surface area contributed by atoms with Crippen molar-refractivity contribution < 1.29 is 13.5 Å². The molecule has 3 aromatic rings. The van der Waals surface area contributed by atoms with Crippen molar-refractivity contribution in [1.29, 1.82) is 0 Å². The third-order valence-corrected chi connectivity index (χ3v) is 9.18. The summed E-state index contributed by atoms with van der Waals surface area (Å²) in [7, 11) is -3.57. The predicted molar refractivity (Wildman–Crippen MR) is 145 cm³/mol. The van der Waals surface area contributed by atoms with Crippen molar-refractivity contribution in [2.24, 2.45) is 0 Å². The summed E-state index contributed by atoms with van der Waals surface area (Å²) < 4.78 is 30.8. The molecule has 0 atom stereocenters. The van der Waals surface area contributed by atoms with Gasteiger partial charge in [-0.15, -0.1) is 0 Å². The second kappa shape index (κ2) is 11.4. The van der Waals surface area contributed by atoms with Gasteiger partial charge < -0.3 is 10.4 Å². The standard InChI is InChI=1S/C27H38N6O3S/c1-2-3-17-28-27-29-18-24-25(31-33(26(24)30-27)21-11-13-22(34)14-12-21)19-9-15-23(16-10-19)37(35,36)32-20-7-5-4-6-8-20/h9-10,15-16,18,20-22,32,34H,2-8,11-14,17H2,1H3,(H,28,29,30). The van der Waals surface area contributed by atoms with Gasteiger partial charge in [-0.25, -0.2) is 22.8 Å². The van der Waals surface area contributed by atoms with E-state index in [1.807, 2.05) is 23.0 Å². The number of rotatable bonds is 9. The molecule has 0 amide bonds. The molecule has 1 aromatic carbocycles. The summed E-state index contributed by atoms with van der Waals surface area (Å²) in [6, 6.07) is 7.12. The van der Waals surface area contributed by atoms with Crippen LogP contribution in [0, 0.1) is 0 Å². The minimum atomic E-state index is -3.57. The smallest absolute Gasteiger partial charge is 0.240 e. The number of aromatic nitrogens is 4. The topological polar surface area (TPSA) is 122 Å². The highest BCUT2D eigenvalue weighted by Crippen LogP contribution is 2.35. The molecule has 2 aliphatic carbocycles. The molecule has 9 nitrogen and oxygen atoms in total. The van der Waals surface area contributed by atoms with Gasteiger partial charge in [0.15, 0.2) is 5.65 Å². The maximum Gasteiger partial charge on any atom is 0.240 e. The molecule has 2 saturated carbocycles. The van der Waals surface area contributed by atoms with Crippen LogP contribution in [0.25, 0.3) is 22.3 Å². The maximum absolute atomic E-state index is 13.0. The molecule has 0 aliphatic heterocycles. The van der Waals surface area contributed by atoms with Crippen molar-refractivity contribution in [3.63, 3.8) is 0 Å². The first-order chi connectivity index (χ1) is 17.9. The molecule has 2 aromatic heterocycles. The zero-order chi connectivity index (χ0) is 25.8. The first-order valence-electron chi connectivity index (χ1n) is 13.7. The molecule has 2 fully saturated rings. The van der Waals surface area contributed by atoms with Crippen molar-refractivity contribution in [1.82, 2.24) is 24.5 Å². The molecular weight excluding hydrogens is 488 g/mol. The fourth-order valence-corrected chi connectivity index (χ4v) is 6.76. The van der Waals surface area contributed by atoms with E-state index < -0.39 is 10.0 Å². The summed E-state index contributed by atoms with van der Waals surface area (Å²) in [5.74, 6) is 0.583. The van der Waals surface area contributed by atoms with Gasteiger partial charge in [0.1, 0.15) is 5.69 Å². The quantitative estimate of drug-likeness (QED) is 0.343. The molecule has 37 heavy (non-hydrogen) atoms. The molecule has 0 unspecified atom stereocenters. The van der Waals surface area contributed by atoms with E-state index in [1.54, 1.807) is 12.1 Å². The molecule has 10 heteroatoms. The summed E-state index contributed by atoms with van der Waals surface area (Å²) in [6.45, 7) is 2.95. The van der Waals surface area contributed by atoms with E-state index >= 15 is 0 Å². The average Bonchev–Trinajstić information content (AvgIpc) is 3.29. The number of nitrogens with zero attached hydrogens (tertiary/aromatic N) is 4. The largest absolute Gasteiger partial charge is 0.393 e. The van der Waals surface area contributed by atoms with Gasteiger partial charge in [0.2, 0.25) is 16.0 Å². The Bertz CT molecular complexity index is 1290. The number of benzene rings is 1. The number of hydrogen-bond donors (Lipinski definition) is 3. The summed E-state index contributed by atoms with van der Waals surface area (Å²) in [5, 5.41) is 19.1. The van der Waals surface area contributed by atoms with E-state index in [4.69, 9.17) is 10.1 Å². The molecular formula is C27H38N6O3S. The minimum absolute atomic E-state index is 0.0179. The van der Waals surface area contributed by atoms with Crippen LogP contribution in [-0.2, 0) is 10.0 Å². The monoisotopic (exact) mass is 526 g/mol. The number of nitrogens with one attached hydrogen (secondary N) is 2. The lowest BCUT2D eigenvalue weighted by atomic mass is 9.93. The van der Waals surface area contributed by atoms with E-state index in [2.05, 4.69) is 21.9 Å². The normalized spacial score (nSPS) is 21.4. The van der Waals surface area contributed by atoms with Gasteiger partial charge in [-0.05, 0) is 57.1 Å². The lowest BCUT2D eigenvalue weighted by molar-refractivity contribution is 0.109. The molecule has 0 radical (unpaired) electrons. The molecule has 0 spiro atoms. The summed E-state index contributed by atoms with van der Waals surface area (Å²) in [4.78, 5) is 9.62. The molecule has 5 rings (SSSR count). The van der Waals surface area contributed by atoms with E-state index in [0.717, 1.165) is 93.0 Å². The molecule has 2 aliphatic rings. The Hall–Kier alpha value is -2.56. The van der Waals surface area contributed by atoms with E-state index in [1.165, 1.54) is 6.42 Å². The van der Waals surface area contributed by atoms with Crippen LogP contribution in [0.4, 0.5) is 5.95 Å².